The highest BCUT2D eigenvalue weighted by Gasteiger charge is 2.04. The number of hydrogen-bond acceptors (Lipinski definition) is 4. The van der Waals surface area contributed by atoms with Crippen molar-refractivity contribution in [1.82, 2.24) is 9.97 Å². The average Bonchev–Trinajstić information content (AvgIpc) is 2.76. The van der Waals surface area contributed by atoms with Gasteiger partial charge in [0.15, 0.2) is 0 Å². The predicted octanol–water partition coefficient (Wildman–Crippen LogP) is 4.13. The first-order chi connectivity index (χ1) is 8.19. The highest BCUT2D eigenvalue weighted by atomic mass is 79.9. The SMILES string of the molecule is CCc1cnc(CNc2ncc(Cl)cc2Br)s1. The second-order valence-electron chi connectivity index (χ2n) is 3.41. The molecule has 0 atom stereocenters. The molecular formula is C11H11BrClN3S. The van der Waals surface area contributed by atoms with Gasteiger partial charge in [0.25, 0.3) is 0 Å². The maximum Gasteiger partial charge on any atom is 0.140 e. The quantitative estimate of drug-likeness (QED) is 0.915. The van der Waals surface area contributed by atoms with Crippen LogP contribution < -0.4 is 5.32 Å². The van der Waals surface area contributed by atoms with E-state index >= 15 is 0 Å². The minimum atomic E-state index is 0.616. The lowest BCUT2D eigenvalue weighted by molar-refractivity contribution is 1.07. The van der Waals surface area contributed by atoms with Crippen LogP contribution in [-0.4, -0.2) is 9.97 Å². The van der Waals surface area contributed by atoms with Gasteiger partial charge in [-0.1, -0.05) is 18.5 Å². The summed E-state index contributed by atoms with van der Waals surface area (Å²) in [5.41, 5.74) is 0. The normalized spacial score (nSPS) is 10.5. The first-order valence-electron chi connectivity index (χ1n) is 5.17. The van der Waals surface area contributed by atoms with E-state index in [9.17, 15) is 0 Å². The van der Waals surface area contributed by atoms with Crippen LogP contribution in [0.15, 0.2) is 22.9 Å². The smallest absolute Gasteiger partial charge is 0.140 e. The molecule has 0 radical (unpaired) electrons. The zero-order valence-corrected chi connectivity index (χ0v) is 12.4. The molecule has 90 valence electrons. The first kappa shape index (κ1) is 12.8. The molecule has 0 aliphatic carbocycles. The number of hydrogen-bond donors (Lipinski definition) is 1. The van der Waals surface area contributed by atoms with Crippen LogP contribution in [0.25, 0.3) is 0 Å². The minimum absolute atomic E-state index is 0.616. The van der Waals surface area contributed by atoms with Crippen LogP contribution in [0.3, 0.4) is 0 Å². The van der Waals surface area contributed by atoms with E-state index in [4.69, 9.17) is 11.6 Å². The van der Waals surface area contributed by atoms with E-state index in [1.54, 1.807) is 17.5 Å². The maximum absolute atomic E-state index is 5.83. The Morgan fingerprint density at radius 1 is 1.41 bits per heavy atom. The Hall–Kier alpha value is -0.650. The van der Waals surface area contributed by atoms with Crippen LogP contribution in [0, 0.1) is 0 Å². The Balaban J connectivity index is 2.02. The van der Waals surface area contributed by atoms with E-state index in [0.29, 0.717) is 11.6 Å². The Labute approximate surface area is 117 Å². The lowest BCUT2D eigenvalue weighted by Crippen LogP contribution is -2.01. The van der Waals surface area contributed by atoms with Gasteiger partial charge in [-0.05, 0) is 28.4 Å². The summed E-state index contributed by atoms with van der Waals surface area (Å²) in [7, 11) is 0. The summed E-state index contributed by atoms with van der Waals surface area (Å²) in [6.07, 6.45) is 4.57. The Bertz CT molecular complexity index is 515. The molecule has 6 heteroatoms. The van der Waals surface area contributed by atoms with Crippen molar-refractivity contribution in [1.29, 1.82) is 0 Å². The van der Waals surface area contributed by atoms with Gasteiger partial charge in [0.1, 0.15) is 10.8 Å². The zero-order chi connectivity index (χ0) is 12.3. The molecule has 0 saturated heterocycles. The monoisotopic (exact) mass is 331 g/mol. The largest absolute Gasteiger partial charge is 0.363 e. The second kappa shape index (κ2) is 5.80. The number of thiazole rings is 1. The molecule has 0 aromatic carbocycles. The molecule has 17 heavy (non-hydrogen) atoms. The fourth-order valence-corrected chi connectivity index (χ4v) is 2.88. The number of anilines is 1. The summed E-state index contributed by atoms with van der Waals surface area (Å²) in [4.78, 5) is 9.84. The van der Waals surface area contributed by atoms with E-state index in [1.807, 2.05) is 12.3 Å². The molecule has 0 aliphatic rings. The molecule has 1 N–H and O–H groups in total. The van der Waals surface area contributed by atoms with Crippen molar-refractivity contribution >= 4 is 44.7 Å². The summed E-state index contributed by atoms with van der Waals surface area (Å²) in [5, 5.41) is 4.90. The number of nitrogens with one attached hydrogen (secondary N) is 1. The van der Waals surface area contributed by atoms with Crippen molar-refractivity contribution in [3.63, 3.8) is 0 Å². The first-order valence-corrected chi connectivity index (χ1v) is 7.16. The molecule has 0 aliphatic heterocycles. The fraction of sp³-hybridized carbons (Fsp3) is 0.273. The molecule has 0 unspecified atom stereocenters. The van der Waals surface area contributed by atoms with Crippen LogP contribution >= 0.6 is 38.9 Å². The van der Waals surface area contributed by atoms with Gasteiger partial charge in [-0.15, -0.1) is 11.3 Å². The molecule has 2 aromatic heterocycles. The van der Waals surface area contributed by atoms with Gasteiger partial charge in [-0.25, -0.2) is 9.97 Å². The number of aryl methyl sites for hydroxylation is 1. The molecule has 2 aromatic rings. The summed E-state index contributed by atoms with van der Waals surface area (Å²) in [6.45, 7) is 2.81. The summed E-state index contributed by atoms with van der Waals surface area (Å²) in [5.74, 6) is 0.780. The van der Waals surface area contributed by atoms with Crippen molar-refractivity contribution in [3.05, 3.63) is 37.8 Å². The topological polar surface area (TPSA) is 37.8 Å². The molecule has 2 heterocycles. The maximum atomic E-state index is 5.83. The van der Waals surface area contributed by atoms with E-state index in [2.05, 4.69) is 38.1 Å². The lowest BCUT2D eigenvalue weighted by Gasteiger charge is -2.05. The van der Waals surface area contributed by atoms with Gasteiger partial charge >= 0.3 is 0 Å². The third kappa shape index (κ3) is 3.40. The van der Waals surface area contributed by atoms with Crippen molar-refractivity contribution in [2.45, 2.75) is 19.9 Å². The number of pyridine rings is 1. The van der Waals surface area contributed by atoms with Crippen molar-refractivity contribution in [3.8, 4) is 0 Å². The third-order valence-electron chi connectivity index (χ3n) is 2.16. The van der Waals surface area contributed by atoms with Crippen LogP contribution in [0.1, 0.15) is 16.8 Å². The van der Waals surface area contributed by atoms with Gasteiger partial charge in [-0.2, -0.15) is 0 Å². The molecule has 0 spiro atoms. The number of halogens is 2. The molecule has 3 nitrogen and oxygen atoms in total. The number of aromatic nitrogens is 2. The van der Waals surface area contributed by atoms with E-state index < -0.39 is 0 Å². The van der Waals surface area contributed by atoms with E-state index in [-0.39, 0.29) is 0 Å². The molecule has 0 saturated carbocycles. The van der Waals surface area contributed by atoms with E-state index in [0.717, 1.165) is 21.7 Å². The Morgan fingerprint density at radius 2 is 2.24 bits per heavy atom. The van der Waals surface area contributed by atoms with E-state index in [1.165, 1.54) is 4.88 Å². The van der Waals surface area contributed by atoms with Crippen molar-refractivity contribution in [2.24, 2.45) is 0 Å². The standard InChI is InChI=1S/C11H11BrClN3S/c1-2-8-5-14-10(17-8)6-16-11-9(12)3-7(13)4-15-11/h3-5H,2,6H2,1H3,(H,15,16). The molecular weight excluding hydrogens is 322 g/mol. The molecule has 2 rings (SSSR count). The average molecular weight is 333 g/mol. The van der Waals surface area contributed by atoms with Crippen molar-refractivity contribution in [2.75, 3.05) is 5.32 Å². The van der Waals surface area contributed by atoms with Crippen LogP contribution in [0.5, 0.6) is 0 Å². The highest BCUT2D eigenvalue weighted by Crippen LogP contribution is 2.24. The predicted molar refractivity (Wildman–Crippen MR) is 75.8 cm³/mol. The molecule has 0 fully saturated rings. The minimum Gasteiger partial charge on any atom is -0.363 e. The number of nitrogens with zero attached hydrogens (tertiary/aromatic N) is 2. The van der Waals surface area contributed by atoms with Crippen LogP contribution in [0.4, 0.5) is 5.82 Å². The van der Waals surface area contributed by atoms with Gasteiger partial charge in [0, 0.05) is 17.3 Å². The van der Waals surface area contributed by atoms with Gasteiger partial charge in [0.2, 0.25) is 0 Å². The van der Waals surface area contributed by atoms with Crippen LogP contribution in [-0.2, 0) is 13.0 Å². The van der Waals surface area contributed by atoms with Crippen LogP contribution in [0.2, 0.25) is 5.02 Å². The fourth-order valence-electron chi connectivity index (χ4n) is 1.30. The van der Waals surface area contributed by atoms with Gasteiger partial charge < -0.3 is 5.32 Å². The lowest BCUT2D eigenvalue weighted by atomic mass is 10.4. The Morgan fingerprint density at radius 3 is 2.88 bits per heavy atom. The summed E-state index contributed by atoms with van der Waals surface area (Å²) >= 11 is 11.0. The third-order valence-corrected chi connectivity index (χ3v) is 4.12. The number of rotatable bonds is 4. The van der Waals surface area contributed by atoms with Gasteiger partial charge in [0.05, 0.1) is 16.0 Å². The Kier molecular flexibility index (Phi) is 4.36. The molecule has 0 amide bonds. The molecule has 0 bridgehead atoms. The second-order valence-corrected chi connectivity index (χ2v) is 5.90. The summed E-state index contributed by atoms with van der Waals surface area (Å²) < 4.78 is 0.859. The van der Waals surface area contributed by atoms with Crippen molar-refractivity contribution < 1.29 is 0 Å². The zero-order valence-electron chi connectivity index (χ0n) is 9.20. The highest BCUT2D eigenvalue weighted by molar-refractivity contribution is 9.10. The summed E-state index contributed by atoms with van der Waals surface area (Å²) in [6, 6.07) is 1.82. The van der Waals surface area contributed by atoms with Gasteiger partial charge in [-0.3, -0.25) is 0 Å².